The van der Waals surface area contributed by atoms with E-state index >= 15 is 0 Å². The van der Waals surface area contributed by atoms with Crippen LogP contribution >= 0.6 is 24.8 Å². The van der Waals surface area contributed by atoms with E-state index in [-0.39, 0.29) is 30.6 Å². The molecule has 0 amide bonds. The van der Waals surface area contributed by atoms with Crippen molar-refractivity contribution in [3.8, 4) is 0 Å². The third kappa shape index (κ3) is 4.62. The molecule has 0 bridgehead atoms. The van der Waals surface area contributed by atoms with Gasteiger partial charge >= 0.3 is 5.97 Å². The summed E-state index contributed by atoms with van der Waals surface area (Å²) in [7, 11) is 0. The molecule has 0 aromatic heterocycles. The first-order chi connectivity index (χ1) is 8.18. The summed E-state index contributed by atoms with van der Waals surface area (Å²) in [5.74, 6) is -1.24. The first-order valence-corrected chi connectivity index (χ1v) is 5.61. The van der Waals surface area contributed by atoms with Crippen LogP contribution in [-0.4, -0.2) is 42.2 Å². The van der Waals surface area contributed by atoms with Crippen LogP contribution in [0.5, 0.6) is 0 Å². The number of carboxylic acids is 1. The van der Waals surface area contributed by atoms with E-state index < -0.39 is 12.0 Å². The number of halogens is 3. The molecule has 1 fully saturated rings. The predicted octanol–water partition coefficient (Wildman–Crippen LogP) is 1.70. The molecule has 1 unspecified atom stereocenters. The number of carboxylic acid groups (broad SMARTS) is 1. The first kappa shape index (κ1) is 18.1. The summed E-state index contributed by atoms with van der Waals surface area (Å²) in [6, 6.07) is 4.99. The van der Waals surface area contributed by atoms with E-state index in [1.165, 1.54) is 24.3 Å². The summed E-state index contributed by atoms with van der Waals surface area (Å²) < 4.78 is 12.8. The molecule has 0 radical (unpaired) electrons. The van der Waals surface area contributed by atoms with E-state index in [2.05, 4.69) is 5.32 Å². The predicted molar refractivity (Wildman–Crippen MR) is 75.7 cm³/mol. The molecule has 1 saturated heterocycles. The Morgan fingerprint density at radius 3 is 2.21 bits per heavy atom. The molecule has 1 aromatic rings. The molecule has 2 N–H and O–H groups in total. The highest BCUT2D eigenvalue weighted by molar-refractivity contribution is 5.85. The summed E-state index contributed by atoms with van der Waals surface area (Å²) in [5.41, 5.74) is 0.626. The fourth-order valence-electron chi connectivity index (χ4n) is 2.09. The number of piperazine rings is 1. The number of hydrogen-bond acceptors (Lipinski definition) is 3. The fraction of sp³-hybridized carbons (Fsp3) is 0.417. The van der Waals surface area contributed by atoms with Crippen LogP contribution in [0.15, 0.2) is 24.3 Å². The molecular weight excluding hydrogens is 294 g/mol. The molecule has 0 spiro atoms. The Balaban J connectivity index is 0.00000162. The number of rotatable bonds is 3. The molecule has 1 aliphatic rings. The largest absolute Gasteiger partial charge is 0.480 e. The van der Waals surface area contributed by atoms with E-state index in [0.29, 0.717) is 18.7 Å². The lowest BCUT2D eigenvalue weighted by Gasteiger charge is -2.32. The maximum absolute atomic E-state index is 12.8. The summed E-state index contributed by atoms with van der Waals surface area (Å²) in [5, 5.41) is 12.5. The van der Waals surface area contributed by atoms with Crippen LogP contribution in [-0.2, 0) is 4.79 Å². The van der Waals surface area contributed by atoms with Gasteiger partial charge in [0.05, 0.1) is 0 Å². The summed E-state index contributed by atoms with van der Waals surface area (Å²) in [4.78, 5) is 13.2. The highest BCUT2D eigenvalue weighted by Crippen LogP contribution is 2.21. The number of aliphatic carboxylic acids is 1. The molecule has 1 aliphatic heterocycles. The minimum atomic E-state index is -0.890. The van der Waals surface area contributed by atoms with Gasteiger partial charge in [0.25, 0.3) is 0 Å². The maximum atomic E-state index is 12.8. The average Bonchev–Trinajstić information content (AvgIpc) is 2.33. The Morgan fingerprint density at radius 1 is 1.21 bits per heavy atom. The quantitative estimate of drug-likeness (QED) is 0.892. The van der Waals surface area contributed by atoms with Crippen LogP contribution in [0, 0.1) is 5.82 Å². The van der Waals surface area contributed by atoms with Crippen LogP contribution in [0.4, 0.5) is 4.39 Å². The minimum absolute atomic E-state index is 0. The van der Waals surface area contributed by atoms with Gasteiger partial charge in [0, 0.05) is 26.2 Å². The third-order valence-electron chi connectivity index (χ3n) is 2.94. The molecule has 1 atom stereocenters. The molecule has 1 heterocycles. The van der Waals surface area contributed by atoms with Gasteiger partial charge in [-0.3, -0.25) is 9.69 Å². The smallest absolute Gasteiger partial charge is 0.325 e. The van der Waals surface area contributed by atoms with Gasteiger partial charge < -0.3 is 10.4 Å². The van der Waals surface area contributed by atoms with Crippen molar-refractivity contribution in [1.82, 2.24) is 10.2 Å². The second kappa shape index (κ2) is 8.32. The highest BCUT2D eigenvalue weighted by atomic mass is 35.5. The molecule has 0 saturated carbocycles. The van der Waals surface area contributed by atoms with Crippen LogP contribution in [0.1, 0.15) is 11.6 Å². The Labute approximate surface area is 123 Å². The van der Waals surface area contributed by atoms with Crippen LogP contribution in [0.2, 0.25) is 0 Å². The molecule has 7 heteroatoms. The molecular formula is C12H17Cl2FN2O2. The van der Waals surface area contributed by atoms with Crippen LogP contribution < -0.4 is 5.32 Å². The first-order valence-electron chi connectivity index (χ1n) is 5.61. The normalized spacial score (nSPS) is 16.9. The van der Waals surface area contributed by atoms with Crippen molar-refractivity contribution in [3.05, 3.63) is 35.6 Å². The van der Waals surface area contributed by atoms with Gasteiger partial charge in [-0.15, -0.1) is 24.8 Å². The Morgan fingerprint density at radius 2 is 1.74 bits per heavy atom. The highest BCUT2D eigenvalue weighted by Gasteiger charge is 2.28. The van der Waals surface area contributed by atoms with Gasteiger partial charge in [0.1, 0.15) is 11.9 Å². The average molecular weight is 311 g/mol. The summed E-state index contributed by atoms with van der Waals surface area (Å²) in [6.45, 7) is 2.94. The van der Waals surface area contributed by atoms with Crippen molar-refractivity contribution >= 4 is 30.8 Å². The molecule has 2 rings (SSSR count). The van der Waals surface area contributed by atoms with Gasteiger partial charge in [0.15, 0.2) is 0 Å². The molecule has 1 aromatic carbocycles. The summed E-state index contributed by atoms with van der Waals surface area (Å²) in [6.07, 6.45) is 0. The standard InChI is InChI=1S/C12H15FN2O2.2ClH/c13-10-3-1-9(2-4-10)11(12(16)17)15-7-5-14-6-8-15;;/h1-4,11,14H,5-8H2,(H,16,17);2*1H. The maximum Gasteiger partial charge on any atom is 0.325 e. The zero-order chi connectivity index (χ0) is 12.3. The molecule has 19 heavy (non-hydrogen) atoms. The van der Waals surface area contributed by atoms with E-state index in [9.17, 15) is 14.3 Å². The Hall–Kier alpha value is -0.880. The van der Waals surface area contributed by atoms with Gasteiger partial charge in [0.2, 0.25) is 0 Å². The number of nitrogens with one attached hydrogen (secondary N) is 1. The number of carbonyl (C=O) groups is 1. The Kier molecular flexibility index (Phi) is 7.94. The van der Waals surface area contributed by atoms with Crippen molar-refractivity contribution in [2.75, 3.05) is 26.2 Å². The molecule has 0 aliphatic carbocycles. The summed E-state index contributed by atoms with van der Waals surface area (Å²) >= 11 is 0. The van der Waals surface area contributed by atoms with Crippen molar-refractivity contribution in [2.24, 2.45) is 0 Å². The molecule has 108 valence electrons. The third-order valence-corrected chi connectivity index (χ3v) is 2.94. The monoisotopic (exact) mass is 310 g/mol. The lowest BCUT2D eigenvalue weighted by atomic mass is 10.0. The minimum Gasteiger partial charge on any atom is -0.480 e. The van der Waals surface area contributed by atoms with Gasteiger partial charge in [-0.1, -0.05) is 12.1 Å². The van der Waals surface area contributed by atoms with Crippen molar-refractivity contribution in [1.29, 1.82) is 0 Å². The van der Waals surface area contributed by atoms with Gasteiger partial charge in [-0.05, 0) is 17.7 Å². The number of benzene rings is 1. The SMILES string of the molecule is Cl.Cl.O=C(O)C(c1ccc(F)cc1)N1CCNCC1. The van der Waals surface area contributed by atoms with Crippen LogP contribution in [0.3, 0.4) is 0 Å². The number of nitrogens with zero attached hydrogens (tertiary/aromatic N) is 1. The zero-order valence-corrected chi connectivity index (χ0v) is 11.8. The van der Waals surface area contributed by atoms with E-state index in [1.807, 2.05) is 4.90 Å². The second-order valence-corrected chi connectivity index (χ2v) is 4.08. The van der Waals surface area contributed by atoms with Gasteiger partial charge in [-0.2, -0.15) is 0 Å². The van der Waals surface area contributed by atoms with Crippen molar-refractivity contribution < 1.29 is 14.3 Å². The van der Waals surface area contributed by atoms with Gasteiger partial charge in [-0.25, -0.2) is 4.39 Å². The van der Waals surface area contributed by atoms with Crippen molar-refractivity contribution in [3.63, 3.8) is 0 Å². The number of hydrogen-bond donors (Lipinski definition) is 2. The second-order valence-electron chi connectivity index (χ2n) is 4.08. The topological polar surface area (TPSA) is 52.6 Å². The molecule has 4 nitrogen and oxygen atoms in total. The zero-order valence-electron chi connectivity index (χ0n) is 10.2. The lowest BCUT2D eigenvalue weighted by Crippen LogP contribution is -2.47. The van der Waals surface area contributed by atoms with E-state index in [0.717, 1.165) is 13.1 Å². The van der Waals surface area contributed by atoms with Crippen molar-refractivity contribution in [2.45, 2.75) is 6.04 Å². The lowest BCUT2D eigenvalue weighted by molar-refractivity contribution is -0.143. The Bertz CT molecular complexity index is 397. The van der Waals surface area contributed by atoms with E-state index in [4.69, 9.17) is 0 Å². The fourth-order valence-corrected chi connectivity index (χ4v) is 2.09. The van der Waals surface area contributed by atoms with Crippen LogP contribution in [0.25, 0.3) is 0 Å². The van der Waals surface area contributed by atoms with E-state index in [1.54, 1.807) is 0 Å².